The van der Waals surface area contributed by atoms with E-state index in [0.717, 1.165) is 11.3 Å². The smallest absolute Gasteiger partial charge is 0.271 e. The summed E-state index contributed by atoms with van der Waals surface area (Å²) in [5.41, 5.74) is 2.60. The molecular weight excluding hydrogens is 268 g/mol. The van der Waals surface area contributed by atoms with Gasteiger partial charge in [0.15, 0.2) is 0 Å². The molecule has 0 aliphatic rings. The molecule has 0 spiro atoms. The number of nitrogens with one attached hydrogen (secondary N) is 1. The van der Waals surface area contributed by atoms with Gasteiger partial charge in [-0.2, -0.15) is 5.10 Å². The molecule has 0 amide bonds. The highest BCUT2D eigenvalue weighted by Gasteiger charge is 2.10. The highest BCUT2D eigenvalue weighted by Crippen LogP contribution is 2.27. The summed E-state index contributed by atoms with van der Waals surface area (Å²) >= 11 is 6.01. The summed E-state index contributed by atoms with van der Waals surface area (Å²) in [5, 5.41) is 18.4. The fourth-order valence-electron chi connectivity index (χ4n) is 1.67. The van der Waals surface area contributed by atoms with Gasteiger partial charge in [0.25, 0.3) is 5.69 Å². The molecular formula is C12H13ClN4O2. The molecule has 7 heteroatoms. The molecule has 0 bridgehead atoms. The fraction of sp³-hybridized carbons (Fsp3) is 0.250. The third kappa shape index (κ3) is 2.85. The van der Waals surface area contributed by atoms with Gasteiger partial charge in [0.2, 0.25) is 0 Å². The van der Waals surface area contributed by atoms with Gasteiger partial charge in [0.1, 0.15) is 0 Å². The van der Waals surface area contributed by atoms with Crippen molar-refractivity contribution < 1.29 is 4.92 Å². The maximum atomic E-state index is 10.7. The SMILES string of the molecule is Cc1c(CNc2cc([N+](=O)[O-])ccc2Cl)cnn1C. The Kier molecular flexibility index (Phi) is 3.71. The lowest BCUT2D eigenvalue weighted by atomic mass is 10.2. The summed E-state index contributed by atoms with van der Waals surface area (Å²) < 4.78 is 1.77. The molecule has 0 unspecified atom stereocenters. The van der Waals surface area contributed by atoms with Crippen molar-refractivity contribution in [3.63, 3.8) is 0 Å². The number of non-ortho nitro benzene ring substituents is 1. The van der Waals surface area contributed by atoms with Crippen molar-refractivity contribution in [2.45, 2.75) is 13.5 Å². The normalized spacial score (nSPS) is 10.5. The number of anilines is 1. The first-order valence-corrected chi connectivity index (χ1v) is 6.02. The maximum absolute atomic E-state index is 10.7. The van der Waals surface area contributed by atoms with Crippen LogP contribution in [-0.4, -0.2) is 14.7 Å². The lowest BCUT2D eigenvalue weighted by molar-refractivity contribution is -0.384. The van der Waals surface area contributed by atoms with Gasteiger partial charge in [0.05, 0.1) is 21.8 Å². The van der Waals surface area contributed by atoms with Crippen LogP contribution in [0.1, 0.15) is 11.3 Å². The Morgan fingerprint density at radius 1 is 1.53 bits per heavy atom. The zero-order chi connectivity index (χ0) is 14.0. The third-order valence-corrected chi connectivity index (χ3v) is 3.30. The number of hydrogen-bond acceptors (Lipinski definition) is 4. The lowest BCUT2D eigenvalue weighted by Crippen LogP contribution is -2.02. The number of halogens is 1. The first-order chi connectivity index (χ1) is 8.99. The lowest BCUT2D eigenvalue weighted by Gasteiger charge is -2.08. The van der Waals surface area contributed by atoms with E-state index in [0.29, 0.717) is 17.3 Å². The monoisotopic (exact) mass is 280 g/mol. The van der Waals surface area contributed by atoms with Crippen LogP contribution in [0.5, 0.6) is 0 Å². The second-order valence-electron chi connectivity index (χ2n) is 4.15. The summed E-state index contributed by atoms with van der Waals surface area (Å²) in [6.45, 7) is 2.47. The molecule has 100 valence electrons. The van der Waals surface area contributed by atoms with Gasteiger partial charge in [-0.05, 0) is 13.0 Å². The molecule has 6 nitrogen and oxygen atoms in total. The van der Waals surface area contributed by atoms with Gasteiger partial charge in [-0.25, -0.2) is 0 Å². The average Bonchev–Trinajstić information content (AvgIpc) is 2.69. The van der Waals surface area contributed by atoms with E-state index in [4.69, 9.17) is 11.6 Å². The van der Waals surface area contributed by atoms with Crippen molar-refractivity contribution in [3.8, 4) is 0 Å². The Morgan fingerprint density at radius 2 is 2.26 bits per heavy atom. The molecule has 1 heterocycles. The molecule has 0 radical (unpaired) electrons. The summed E-state index contributed by atoms with van der Waals surface area (Å²) in [4.78, 5) is 10.3. The third-order valence-electron chi connectivity index (χ3n) is 2.97. The summed E-state index contributed by atoms with van der Waals surface area (Å²) in [6, 6.07) is 4.31. The summed E-state index contributed by atoms with van der Waals surface area (Å²) in [5.74, 6) is 0. The topological polar surface area (TPSA) is 73.0 Å². The molecule has 0 aliphatic carbocycles. The fourth-order valence-corrected chi connectivity index (χ4v) is 1.85. The number of benzene rings is 1. The van der Waals surface area contributed by atoms with E-state index in [1.165, 1.54) is 18.2 Å². The minimum atomic E-state index is -0.448. The molecule has 0 saturated carbocycles. The molecule has 1 N–H and O–H groups in total. The molecule has 0 saturated heterocycles. The summed E-state index contributed by atoms with van der Waals surface area (Å²) in [6.07, 6.45) is 1.76. The van der Waals surface area contributed by atoms with Crippen molar-refractivity contribution in [2.75, 3.05) is 5.32 Å². The van der Waals surface area contributed by atoms with Crippen molar-refractivity contribution >= 4 is 23.0 Å². The van der Waals surface area contributed by atoms with Gasteiger partial charge in [-0.3, -0.25) is 14.8 Å². The average molecular weight is 281 g/mol. The second kappa shape index (κ2) is 5.27. The van der Waals surface area contributed by atoms with E-state index >= 15 is 0 Å². The van der Waals surface area contributed by atoms with Gasteiger partial charge < -0.3 is 5.32 Å². The predicted octanol–water partition coefficient (Wildman–Crippen LogP) is 2.90. The number of nitrogens with zero attached hydrogens (tertiary/aromatic N) is 3. The van der Waals surface area contributed by atoms with Crippen molar-refractivity contribution in [3.05, 3.63) is 50.8 Å². The van der Waals surface area contributed by atoms with Crippen LogP contribution >= 0.6 is 11.6 Å². The first-order valence-electron chi connectivity index (χ1n) is 5.64. The van der Waals surface area contributed by atoms with E-state index in [9.17, 15) is 10.1 Å². The molecule has 0 fully saturated rings. The van der Waals surface area contributed by atoms with Crippen LogP contribution in [0.3, 0.4) is 0 Å². The van der Waals surface area contributed by atoms with E-state index in [2.05, 4.69) is 10.4 Å². The van der Waals surface area contributed by atoms with Crippen LogP contribution in [0.2, 0.25) is 5.02 Å². The number of nitro groups is 1. The zero-order valence-corrected chi connectivity index (χ0v) is 11.3. The van der Waals surface area contributed by atoms with Crippen molar-refractivity contribution in [1.82, 2.24) is 9.78 Å². The largest absolute Gasteiger partial charge is 0.379 e. The quantitative estimate of drug-likeness (QED) is 0.690. The van der Waals surface area contributed by atoms with E-state index < -0.39 is 4.92 Å². The number of aryl methyl sites for hydroxylation is 1. The van der Waals surface area contributed by atoms with Gasteiger partial charge in [-0.1, -0.05) is 11.6 Å². The first kappa shape index (κ1) is 13.4. The van der Waals surface area contributed by atoms with Crippen molar-refractivity contribution in [2.24, 2.45) is 7.05 Å². The minimum absolute atomic E-state index is 0.00908. The van der Waals surface area contributed by atoms with Crippen LogP contribution in [0.4, 0.5) is 11.4 Å². The van der Waals surface area contributed by atoms with E-state index in [1.807, 2.05) is 14.0 Å². The van der Waals surface area contributed by atoms with Crippen LogP contribution < -0.4 is 5.32 Å². The molecule has 0 aliphatic heterocycles. The van der Waals surface area contributed by atoms with Crippen LogP contribution in [0, 0.1) is 17.0 Å². The Labute approximate surface area is 115 Å². The molecule has 19 heavy (non-hydrogen) atoms. The highest BCUT2D eigenvalue weighted by atomic mass is 35.5. The number of hydrogen-bond donors (Lipinski definition) is 1. The molecule has 2 aromatic rings. The highest BCUT2D eigenvalue weighted by molar-refractivity contribution is 6.33. The van der Waals surface area contributed by atoms with Crippen LogP contribution in [0.15, 0.2) is 24.4 Å². The minimum Gasteiger partial charge on any atom is -0.379 e. The van der Waals surface area contributed by atoms with E-state index in [-0.39, 0.29) is 5.69 Å². The maximum Gasteiger partial charge on any atom is 0.271 e. The Hall–Kier alpha value is -2.08. The van der Waals surface area contributed by atoms with Gasteiger partial charge in [0, 0.05) is 37.0 Å². The van der Waals surface area contributed by atoms with Gasteiger partial charge in [-0.15, -0.1) is 0 Å². The number of rotatable bonds is 4. The second-order valence-corrected chi connectivity index (χ2v) is 4.56. The number of nitro benzene ring substituents is 1. The van der Waals surface area contributed by atoms with Crippen LogP contribution in [-0.2, 0) is 13.6 Å². The summed E-state index contributed by atoms with van der Waals surface area (Å²) in [7, 11) is 1.86. The Bertz CT molecular complexity index is 624. The van der Waals surface area contributed by atoms with Crippen molar-refractivity contribution in [1.29, 1.82) is 0 Å². The predicted molar refractivity (Wildman–Crippen MR) is 73.4 cm³/mol. The number of aromatic nitrogens is 2. The van der Waals surface area contributed by atoms with E-state index in [1.54, 1.807) is 10.9 Å². The molecule has 2 rings (SSSR count). The molecule has 1 aromatic carbocycles. The molecule has 0 atom stereocenters. The Balaban J connectivity index is 2.17. The molecule has 1 aromatic heterocycles. The van der Waals surface area contributed by atoms with Gasteiger partial charge >= 0.3 is 0 Å². The standard InChI is InChI=1S/C12H13ClN4O2/c1-8-9(7-15-16(8)2)6-14-12-5-10(17(18)19)3-4-11(12)13/h3-5,7,14H,6H2,1-2H3. The van der Waals surface area contributed by atoms with Crippen LogP contribution in [0.25, 0.3) is 0 Å². The Morgan fingerprint density at radius 3 is 2.84 bits per heavy atom. The zero-order valence-electron chi connectivity index (χ0n) is 10.6.